The van der Waals surface area contributed by atoms with Gasteiger partial charge in [-0.1, -0.05) is 24.3 Å². The van der Waals surface area contributed by atoms with Crippen LogP contribution in [0.25, 0.3) is 10.9 Å². The van der Waals surface area contributed by atoms with Gasteiger partial charge in [0.2, 0.25) is 0 Å². The number of carbonyl (C=O) groups is 2. The van der Waals surface area contributed by atoms with Crippen LogP contribution >= 0.6 is 0 Å². The molecule has 0 saturated carbocycles. The molecule has 0 radical (unpaired) electrons. The van der Waals surface area contributed by atoms with E-state index in [2.05, 4.69) is 5.32 Å². The molecule has 3 rings (SSSR count). The maximum absolute atomic E-state index is 12.7. The highest BCUT2D eigenvalue weighted by Gasteiger charge is 2.24. The third kappa shape index (κ3) is 2.65. The Hall–Kier alpha value is -3.08. The average molecular weight is 322 g/mol. The monoisotopic (exact) mass is 322 g/mol. The lowest BCUT2D eigenvalue weighted by atomic mass is 10.1. The van der Waals surface area contributed by atoms with Crippen LogP contribution in [0, 0.1) is 6.92 Å². The van der Waals surface area contributed by atoms with Crippen LogP contribution in [0.5, 0.6) is 5.75 Å². The van der Waals surface area contributed by atoms with E-state index in [0.29, 0.717) is 17.0 Å². The van der Waals surface area contributed by atoms with Crippen LogP contribution in [0.3, 0.4) is 0 Å². The second-order valence-electron chi connectivity index (χ2n) is 5.55. The number of ketones is 1. The van der Waals surface area contributed by atoms with E-state index in [1.54, 1.807) is 31.4 Å². The summed E-state index contributed by atoms with van der Waals surface area (Å²) in [6.07, 6.45) is 0. The number of nitrogens with zero attached hydrogens (tertiary/aromatic N) is 1. The van der Waals surface area contributed by atoms with Crippen LogP contribution < -0.4 is 10.1 Å². The van der Waals surface area contributed by atoms with Gasteiger partial charge in [-0.3, -0.25) is 9.59 Å². The molecule has 0 aliphatic carbocycles. The normalized spacial score (nSPS) is 10.6. The molecule has 1 N–H and O–H groups in total. The SMILES string of the molecule is COc1cccc(NC(=O)C(=O)c2c(C)n(C)c3ccccc23)c1. The second-order valence-corrected chi connectivity index (χ2v) is 5.55. The summed E-state index contributed by atoms with van der Waals surface area (Å²) in [7, 11) is 3.43. The summed E-state index contributed by atoms with van der Waals surface area (Å²) in [4.78, 5) is 25.1. The molecular formula is C19H18N2O3. The molecule has 0 saturated heterocycles. The van der Waals surface area contributed by atoms with Crippen molar-refractivity contribution in [1.29, 1.82) is 0 Å². The van der Waals surface area contributed by atoms with E-state index in [-0.39, 0.29) is 0 Å². The van der Waals surface area contributed by atoms with Crippen molar-refractivity contribution in [3.05, 3.63) is 59.8 Å². The maximum Gasteiger partial charge on any atom is 0.296 e. The number of fused-ring (bicyclic) bond motifs is 1. The van der Waals surface area contributed by atoms with Crippen LogP contribution in [-0.2, 0) is 11.8 Å². The Morgan fingerprint density at radius 1 is 1.08 bits per heavy atom. The van der Waals surface area contributed by atoms with E-state index < -0.39 is 11.7 Å². The van der Waals surface area contributed by atoms with Crippen LogP contribution in [0.4, 0.5) is 5.69 Å². The van der Waals surface area contributed by atoms with Gasteiger partial charge in [0, 0.05) is 35.4 Å². The van der Waals surface area contributed by atoms with Crippen molar-refractivity contribution < 1.29 is 14.3 Å². The van der Waals surface area contributed by atoms with Crippen LogP contribution in [0.1, 0.15) is 16.1 Å². The van der Waals surface area contributed by atoms with E-state index in [9.17, 15) is 9.59 Å². The van der Waals surface area contributed by atoms with E-state index in [0.717, 1.165) is 16.6 Å². The van der Waals surface area contributed by atoms with Gasteiger partial charge in [0.25, 0.3) is 11.7 Å². The summed E-state index contributed by atoms with van der Waals surface area (Å²) in [5, 5.41) is 3.42. The number of aromatic nitrogens is 1. The summed E-state index contributed by atoms with van der Waals surface area (Å²) >= 11 is 0. The van der Waals surface area contributed by atoms with Gasteiger partial charge in [-0.15, -0.1) is 0 Å². The number of ether oxygens (including phenoxy) is 1. The van der Waals surface area contributed by atoms with Crippen LogP contribution in [0.2, 0.25) is 0 Å². The fourth-order valence-electron chi connectivity index (χ4n) is 2.81. The Morgan fingerprint density at radius 3 is 2.58 bits per heavy atom. The zero-order valence-electron chi connectivity index (χ0n) is 13.8. The Labute approximate surface area is 139 Å². The van der Waals surface area contributed by atoms with Crippen molar-refractivity contribution in [3.63, 3.8) is 0 Å². The molecule has 0 atom stereocenters. The highest BCUT2D eigenvalue weighted by Crippen LogP contribution is 2.25. The first-order chi connectivity index (χ1) is 11.5. The standard InChI is InChI=1S/C19H18N2O3/c1-12-17(15-9-4-5-10-16(15)21(12)2)18(22)19(23)20-13-7-6-8-14(11-13)24-3/h4-11H,1-3H3,(H,20,23). The largest absolute Gasteiger partial charge is 0.497 e. The van der Waals surface area contributed by atoms with Crippen LogP contribution in [0.15, 0.2) is 48.5 Å². The molecule has 0 unspecified atom stereocenters. The number of hydrogen-bond donors (Lipinski definition) is 1. The number of methoxy groups -OCH3 is 1. The van der Waals surface area contributed by atoms with Crippen molar-refractivity contribution in [2.24, 2.45) is 7.05 Å². The molecule has 0 spiro atoms. The lowest BCUT2D eigenvalue weighted by Crippen LogP contribution is -2.23. The van der Waals surface area contributed by atoms with E-state index >= 15 is 0 Å². The smallest absolute Gasteiger partial charge is 0.296 e. The fraction of sp³-hybridized carbons (Fsp3) is 0.158. The van der Waals surface area contributed by atoms with Gasteiger partial charge in [0.05, 0.1) is 12.7 Å². The minimum Gasteiger partial charge on any atom is -0.497 e. The molecule has 1 aromatic heterocycles. The second kappa shape index (κ2) is 6.20. The third-order valence-corrected chi connectivity index (χ3v) is 4.16. The van der Waals surface area contributed by atoms with Crippen molar-refractivity contribution in [1.82, 2.24) is 4.57 Å². The molecule has 1 amide bonds. The number of rotatable bonds is 4. The number of anilines is 1. The fourth-order valence-corrected chi connectivity index (χ4v) is 2.81. The van der Waals surface area contributed by atoms with Crippen molar-refractivity contribution in [2.45, 2.75) is 6.92 Å². The van der Waals surface area contributed by atoms with E-state index in [4.69, 9.17) is 4.74 Å². The van der Waals surface area contributed by atoms with Gasteiger partial charge in [0.15, 0.2) is 0 Å². The molecule has 122 valence electrons. The zero-order valence-corrected chi connectivity index (χ0v) is 13.8. The molecule has 0 bridgehead atoms. The Balaban J connectivity index is 1.94. The summed E-state index contributed by atoms with van der Waals surface area (Å²) in [5.74, 6) is -0.601. The molecule has 3 aromatic rings. The number of para-hydroxylation sites is 1. The highest BCUT2D eigenvalue weighted by atomic mass is 16.5. The number of amides is 1. The number of nitrogens with one attached hydrogen (secondary N) is 1. The lowest BCUT2D eigenvalue weighted by molar-refractivity contribution is -0.112. The van der Waals surface area contributed by atoms with Gasteiger partial charge in [-0.25, -0.2) is 0 Å². The zero-order chi connectivity index (χ0) is 17.3. The molecule has 0 fully saturated rings. The summed E-state index contributed by atoms with van der Waals surface area (Å²) in [5.41, 5.74) is 2.65. The minimum atomic E-state index is -0.664. The number of Topliss-reactive ketones (excluding diaryl/α,β-unsaturated/α-hetero) is 1. The maximum atomic E-state index is 12.7. The molecule has 0 aliphatic heterocycles. The first-order valence-electron chi connectivity index (χ1n) is 7.56. The molecule has 1 heterocycles. The quantitative estimate of drug-likeness (QED) is 0.592. The summed E-state index contributed by atoms with van der Waals surface area (Å²) < 4.78 is 7.04. The first-order valence-corrected chi connectivity index (χ1v) is 7.56. The van der Waals surface area contributed by atoms with Crippen LogP contribution in [-0.4, -0.2) is 23.4 Å². The van der Waals surface area contributed by atoms with E-state index in [1.807, 2.05) is 42.8 Å². The Bertz CT molecular complexity index is 941. The van der Waals surface area contributed by atoms with Gasteiger partial charge >= 0.3 is 0 Å². The lowest BCUT2D eigenvalue weighted by Gasteiger charge is -2.07. The Morgan fingerprint density at radius 2 is 1.83 bits per heavy atom. The van der Waals surface area contributed by atoms with Gasteiger partial charge < -0.3 is 14.6 Å². The van der Waals surface area contributed by atoms with Crippen molar-refractivity contribution >= 4 is 28.3 Å². The summed E-state index contributed by atoms with van der Waals surface area (Å²) in [6.45, 7) is 1.84. The molecule has 5 nitrogen and oxygen atoms in total. The number of hydrogen-bond acceptors (Lipinski definition) is 3. The minimum absolute atomic E-state index is 0.438. The predicted molar refractivity (Wildman–Crippen MR) is 93.6 cm³/mol. The highest BCUT2D eigenvalue weighted by molar-refractivity contribution is 6.48. The average Bonchev–Trinajstić information content (AvgIpc) is 2.86. The predicted octanol–water partition coefficient (Wildman–Crippen LogP) is 3.32. The Kier molecular flexibility index (Phi) is 4.08. The topological polar surface area (TPSA) is 60.3 Å². The van der Waals surface area contributed by atoms with Crippen molar-refractivity contribution in [3.8, 4) is 5.75 Å². The molecular weight excluding hydrogens is 304 g/mol. The molecule has 24 heavy (non-hydrogen) atoms. The number of benzene rings is 2. The molecule has 0 aliphatic rings. The third-order valence-electron chi connectivity index (χ3n) is 4.16. The van der Waals surface area contributed by atoms with E-state index in [1.165, 1.54) is 0 Å². The molecule has 2 aromatic carbocycles. The molecule has 5 heteroatoms. The van der Waals surface area contributed by atoms with Gasteiger partial charge in [0.1, 0.15) is 5.75 Å². The summed E-state index contributed by atoms with van der Waals surface area (Å²) in [6, 6.07) is 14.5. The van der Waals surface area contributed by atoms with Gasteiger partial charge in [-0.2, -0.15) is 0 Å². The number of carbonyl (C=O) groups excluding carboxylic acids is 2. The van der Waals surface area contributed by atoms with Crippen molar-refractivity contribution in [2.75, 3.05) is 12.4 Å². The first kappa shape index (κ1) is 15.8. The van der Waals surface area contributed by atoms with Gasteiger partial charge in [-0.05, 0) is 25.1 Å². The number of aryl methyl sites for hydroxylation is 1.